The first-order valence-electron chi connectivity index (χ1n) is 13.6. The number of nitrogens with zero attached hydrogens (tertiary/aromatic N) is 5. The van der Waals surface area contributed by atoms with Gasteiger partial charge in [0.05, 0.1) is 5.56 Å². The number of likely N-dealkylation sites (N-methyl/N-ethyl adjacent to an activating group) is 1. The first-order chi connectivity index (χ1) is 20.1. The Morgan fingerprint density at radius 2 is 1.79 bits per heavy atom. The van der Waals surface area contributed by atoms with E-state index in [2.05, 4.69) is 25.2 Å². The van der Waals surface area contributed by atoms with Gasteiger partial charge >= 0.3 is 6.18 Å². The molecule has 13 heteroatoms. The molecule has 4 heterocycles. The Labute approximate surface area is 239 Å². The fraction of sp³-hybridized carbons (Fsp3) is 0.345. The number of carbonyl (C=O) groups is 1. The summed E-state index contributed by atoms with van der Waals surface area (Å²) < 4.78 is 63.8. The summed E-state index contributed by atoms with van der Waals surface area (Å²) in [5.74, 6) is -1.51. The van der Waals surface area contributed by atoms with Crippen LogP contribution in [0.2, 0.25) is 0 Å². The summed E-state index contributed by atoms with van der Waals surface area (Å²) in [5.41, 5.74) is 0.627. The van der Waals surface area contributed by atoms with Crippen LogP contribution < -0.4 is 15.0 Å². The quantitative estimate of drug-likeness (QED) is 0.288. The molecular weight excluding hydrogens is 554 g/mol. The van der Waals surface area contributed by atoms with Gasteiger partial charge in [0, 0.05) is 67.2 Å². The monoisotopic (exact) mass is 583 g/mol. The van der Waals surface area contributed by atoms with Gasteiger partial charge in [0.15, 0.2) is 17.4 Å². The zero-order valence-corrected chi connectivity index (χ0v) is 23.1. The van der Waals surface area contributed by atoms with Gasteiger partial charge in [0.25, 0.3) is 5.91 Å². The van der Waals surface area contributed by atoms with Gasteiger partial charge in [-0.3, -0.25) is 4.79 Å². The van der Waals surface area contributed by atoms with Crippen LogP contribution >= 0.6 is 0 Å². The molecule has 2 fully saturated rings. The molecule has 2 saturated heterocycles. The number of benzene rings is 2. The number of hydrogen-bond acceptors (Lipinski definition) is 7. The van der Waals surface area contributed by atoms with Crippen LogP contribution in [0.5, 0.6) is 11.6 Å². The number of alkyl halides is 3. The highest BCUT2D eigenvalue weighted by molar-refractivity contribution is 6.02. The number of likely N-dealkylation sites (tertiary alicyclic amines) is 1. The number of carbonyl (C=O) groups excluding carboxylic acids is 1. The molecule has 0 atom stereocenters. The molecule has 0 aliphatic carbocycles. The Hall–Kier alpha value is -4.39. The maximum absolute atomic E-state index is 15.3. The molecule has 9 nitrogen and oxygen atoms in total. The smallest absolute Gasteiger partial charge is 0.418 e. The third kappa shape index (κ3) is 5.31. The number of rotatable bonds is 6. The van der Waals surface area contributed by atoms with Gasteiger partial charge in [0.2, 0.25) is 5.88 Å². The van der Waals surface area contributed by atoms with Crippen molar-refractivity contribution in [1.29, 1.82) is 0 Å². The zero-order valence-electron chi connectivity index (χ0n) is 23.1. The summed E-state index contributed by atoms with van der Waals surface area (Å²) >= 11 is 0. The predicted molar refractivity (Wildman–Crippen MR) is 150 cm³/mol. The van der Waals surface area contributed by atoms with Gasteiger partial charge < -0.3 is 29.7 Å². The lowest BCUT2D eigenvalue weighted by Crippen LogP contribution is -2.45. The van der Waals surface area contributed by atoms with Crippen LogP contribution in [0.3, 0.4) is 0 Å². The molecule has 4 aromatic rings. The average molecular weight is 584 g/mol. The van der Waals surface area contributed by atoms with E-state index in [1.165, 1.54) is 18.2 Å². The van der Waals surface area contributed by atoms with Crippen LogP contribution in [-0.2, 0) is 6.18 Å². The number of aromatic nitrogens is 3. The molecule has 0 spiro atoms. The highest BCUT2D eigenvalue weighted by Gasteiger charge is 2.36. The molecule has 0 bridgehead atoms. The van der Waals surface area contributed by atoms with Crippen molar-refractivity contribution in [2.45, 2.75) is 19.5 Å². The van der Waals surface area contributed by atoms with Crippen LogP contribution in [0.15, 0.2) is 42.7 Å². The van der Waals surface area contributed by atoms with Crippen LogP contribution in [-0.4, -0.2) is 77.0 Å². The van der Waals surface area contributed by atoms with Crippen molar-refractivity contribution in [3.8, 4) is 11.6 Å². The fourth-order valence-electron chi connectivity index (χ4n) is 5.18. The minimum atomic E-state index is -4.61. The lowest BCUT2D eigenvalue weighted by molar-refractivity contribution is -0.137. The first kappa shape index (κ1) is 27.8. The van der Waals surface area contributed by atoms with Gasteiger partial charge in [-0.05, 0) is 56.8 Å². The minimum absolute atomic E-state index is 0.0450. The largest absolute Gasteiger partial charge is 0.435 e. The number of amides is 1. The van der Waals surface area contributed by atoms with Gasteiger partial charge in [-0.25, -0.2) is 14.4 Å². The zero-order chi connectivity index (χ0) is 29.6. The number of aromatic amines is 1. The molecule has 2 aliphatic heterocycles. The topological polar surface area (TPSA) is 89.6 Å². The first-order valence-corrected chi connectivity index (χ1v) is 13.6. The van der Waals surface area contributed by atoms with E-state index in [4.69, 9.17) is 4.74 Å². The Bertz CT molecular complexity index is 1640. The summed E-state index contributed by atoms with van der Waals surface area (Å²) in [7, 11) is 1.93. The normalized spacial score (nSPS) is 16.0. The summed E-state index contributed by atoms with van der Waals surface area (Å²) in [6.07, 6.45) is -2.69. The van der Waals surface area contributed by atoms with Crippen LogP contribution in [0, 0.1) is 12.7 Å². The highest BCUT2D eigenvalue weighted by atomic mass is 19.4. The lowest BCUT2D eigenvalue weighted by atomic mass is 10.1. The molecule has 2 aromatic carbocycles. The van der Waals surface area contributed by atoms with Crippen molar-refractivity contribution in [3.05, 3.63) is 65.4 Å². The molecular formula is C29H29F4N7O2. The summed E-state index contributed by atoms with van der Waals surface area (Å²) in [6.45, 7) is 5.03. The molecule has 6 rings (SSSR count). The second-order valence-electron chi connectivity index (χ2n) is 10.6. The van der Waals surface area contributed by atoms with Crippen LogP contribution in [0.4, 0.5) is 34.8 Å². The predicted octanol–water partition coefficient (Wildman–Crippen LogP) is 5.56. The van der Waals surface area contributed by atoms with E-state index in [0.717, 1.165) is 24.5 Å². The van der Waals surface area contributed by atoms with Crippen molar-refractivity contribution in [2.24, 2.45) is 0 Å². The highest BCUT2D eigenvalue weighted by Crippen LogP contribution is 2.40. The summed E-state index contributed by atoms with van der Waals surface area (Å²) in [4.78, 5) is 30.2. The Balaban J connectivity index is 1.37. The number of hydrogen-bond donors (Lipinski definition) is 2. The molecule has 220 valence electrons. The number of nitrogens with one attached hydrogen (secondary N) is 2. The van der Waals surface area contributed by atoms with E-state index < -0.39 is 23.5 Å². The van der Waals surface area contributed by atoms with E-state index in [1.807, 2.05) is 7.05 Å². The number of fused-ring (bicyclic) bond motifs is 1. The minimum Gasteiger partial charge on any atom is -0.435 e. The number of halogens is 4. The Morgan fingerprint density at radius 3 is 2.48 bits per heavy atom. The van der Waals surface area contributed by atoms with E-state index in [-0.39, 0.29) is 34.4 Å². The van der Waals surface area contributed by atoms with Gasteiger partial charge in [-0.1, -0.05) is 0 Å². The Morgan fingerprint density at radius 1 is 1.02 bits per heavy atom. The molecule has 42 heavy (non-hydrogen) atoms. The SMILES string of the molecule is Cc1cc2c(F)c(Oc3ncnc(Nc4ccc(N5CCN(C)CC5)c(C(F)(F)F)c4)c3C(=O)N3CCC3)ccc2[nH]1. The molecule has 1 amide bonds. The average Bonchev–Trinajstić information content (AvgIpc) is 3.30. The standard InChI is InChI=1S/C29H29F4N7O2/c1-17-14-19-21(36-17)5-7-23(25(19)30)42-27-24(28(41)40-8-3-9-40)26(34-16-35-27)37-18-4-6-22(20(15-18)29(31,32)33)39-12-10-38(2)11-13-39/h4-7,14-16,36H,3,8-13H2,1-2H3,(H,34,35,37). The van der Waals surface area contributed by atoms with Crippen molar-refractivity contribution in [2.75, 3.05) is 56.5 Å². The molecule has 2 N–H and O–H groups in total. The third-order valence-electron chi connectivity index (χ3n) is 7.62. The van der Waals surface area contributed by atoms with E-state index >= 15 is 4.39 Å². The fourth-order valence-corrected chi connectivity index (χ4v) is 5.18. The number of anilines is 3. The summed E-state index contributed by atoms with van der Waals surface area (Å²) in [6, 6.07) is 8.67. The van der Waals surface area contributed by atoms with Crippen LogP contribution in [0.1, 0.15) is 28.0 Å². The molecule has 0 radical (unpaired) electrons. The van der Waals surface area contributed by atoms with E-state index in [1.54, 1.807) is 28.9 Å². The van der Waals surface area contributed by atoms with Gasteiger partial charge in [0.1, 0.15) is 11.9 Å². The molecule has 2 aliphatic rings. The number of H-pyrrole nitrogens is 1. The number of ether oxygens (including phenoxy) is 1. The van der Waals surface area contributed by atoms with E-state index in [0.29, 0.717) is 50.2 Å². The third-order valence-corrected chi connectivity index (χ3v) is 7.62. The van der Waals surface area contributed by atoms with Crippen molar-refractivity contribution in [1.82, 2.24) is 24.8 Å². The maximum atomic E-state index is 15.3. The molecule has 0 unspecified atom stereocenters. The van der Waals surface area contributed by atoms with Gasteiger partial charge in [-0.15, -0.1) is 0 Å². The van der Waals surface area contributed by atoms with Crippen molar-refractivity contribution >= 4 is 34.0 Å². The van der Waals surface area contributed by atoms with Crippen molar-refractivity contribution in [3.63, 3.8) is 0 Å². The maximum Gasteiger partial charge on any atom is 0.418 e. The number of piperazine rings is 1. The number of aryl methyl sites for hydroxylation is 1. The van der Waals surface area contributed by atoms with Crippen LogP contribution in [0.25, 0.3) is 10.9 Å². The Kier molecular flexibility index (Phi) is 7.13. The summed E-state index contributed by atoms with van der Waals surface area (Å²) in [5, 5.41) is 3.19. The second kappa shape index (κ2) is 10.8. The lowest BCUT2D eigenvalue weighted by Gasteiger charge is -2.35. The van der Waals surface area contributed by atoms with Crippen molar-refractivity contribution < 1.29 is 27.1 Å². The molecule has 0 saturated carbocycles. The van der Waals surface area contributed by atoms with E-state index in [9.17, 15) is 18.0 Å². The van der Waals surface area contributed by atoms with Gasteiger partial charge in [-0.2, -0.15) is 13.2 Å². The molecule has 2 aromatic heterocycles. The second-order valence-corrected chi connectivity index (χ2v) is 10.6.